The van der Waals surface area contributed by atoms with Crippen molar-refractivity contribution in [1.29, 1.82) is 0 Å². The van der Waals surface area contributed by atoms with Crippen LogP contribution < -0.4 is 4.74 Å². The molecule has 2 saturated carbocycles. The molecule has 4 aliphatic rings. The Kier molecular flexibility index (Phi) is 3.04. The van der Waals surface area contributed by atoms with Crippen LogP contribution >= 0.6 is 0 Å². The summed E-state index contributed by atoms with van der Waals surface area (Å²) in [6.45, 7) is 0. The van der Waals surface area contributed by atoms with Crippen molar-refractivity contribution in [3.63, 3.8) is 0 Å². The maximum Gasteiger partial charge on any atom is 0.254 e. The maximum absolute atomic E-state index is 13.1. The first-order chi connectivity index (χ1) is 13.7. The summed E-state index contributed by atoms with van der Waals surface area (Å²) in [4.78, 5) is 26.1. The van der Waals surface area contributed by atoms with Crippen molar-refractivity contribution < 1.29 is 14.3 Å². The number of methoxy groups -OCH3 is 1. The van der Waals surface area contributed by atoms with Gasteiger partial charge in [-0.05, 0) is 46.9 Å². The molecule has 1 spiro atoms. The fourth-order valence-corrected chi connectivity index (χ4v) is 5.88. The summed E-state index contributed by atoms with van der Waals surface area (Å²) in [7, 11) is 1.61. The third-order valence-corrected chi connectivity index (χ3v) is 7.28. The SMILES string of the molecule is COc1ccc2ccccc2c1/C=N\N1C(=O)[C@@H]2[C@H](C1=O)[C@H]1C=C[C@H]2C12CC2. The molecule has 0 unspecified atom stereocenters. The summed E-state index contributed by atoms with van der Waals surface area (Å²) < 4.78 is 5.49. The van der Waals surface area contributed by atoms with Gasteiger partial charge in [0.2, 0.25) is 0 Å². The molecular weight excluding hydrogens is 352 g/mol. The summed E-state index contributed by atoms with van der Waals surface area (Å²) in [5.41, 5.74) is 0.980. The zero-order chi connectivity index (χ0) is 19.0. The number of hydrogen-bond donors (Lipinski definition) is 0. The van der Waals surface area contributed by atoms with Gasteiger partial charge in [-0.3, -0.25) is 9.59 Å². The van der Waals surface area contributed by atoms with Crippen molar-refractivity contribution in [1.82, 2.24) is 5.01 Å². The first kappa shape index (κ1) is 16.0. The minimum atomic E-state index is -0.225. The average molecular weight is 372 g/mol. The number of hydrogen-bond acceptors (Lipinski definition) is 4. The summed E-state index contributed by atoms with van der Waals surface area (Å²) >= 11 is 0. The van der Waals surface area contributed by atoms with Gasteiger partial charge < -0.3 is 4.74 Å². The van der Waals surface area contributed by atoms with Crippen LogP contribution in [-0.4, -0.2) is 30.1 Å². The number of benzene rings is 2. The summed E-state index contributed by atoms with van der Waals surface area (Å²) in [5.74, 6) is 0.355. The highest BCUT2D eigenvalue weighted by atomic mass is 16.5. The number of imide groups is 1. The molecule has 3 aliphatic carbocycles. The Balaban J connectivity index is 1.37. The van der Waals surface area contributed by atoms with E-state index < -0.39 is 0 Å². The van der Waals surface area contributed by atoms with E-state index in [-0.39, 0.29) is 40.9 Å². The van der Waals surface area contributed by atoms with Gasteiger partial charge in [0.05, 0.1) is 25.2 Å². The monoisotopic (exact) mass is 372 g/mol. The molecule has 0 aromatic heterocycles. The van der Waals surface area contributed by atoms with E-state index in [4.69, 9.17) is 4.74 Å². The van der Waals surface area contributed by atoms with Crippen molar-refractivity contribution in [2.45, 2.75) is 12.8 Å². The highest BCUT2D eigenvalue weighted by Gasteiger charge is 2.73. The number of amides is 2. The van der Waals surface area contributed by atoms with Gasteiger partial charge in [0.15, 0.2) is 0 Å². The lowest BCUT2D eigenvalue weighted by Gasteiger charge is -2.18. The van der Waals surface area contributed by atoms with Crippen LogP contribution in [0.4, 0.5) is 0 Å². The molecule has 1 heterocycles. The van der Waals surface area contributed by atoms with Gasteiger partial charge in [-0.2, -0.15) is 10.1 Å². The maximum atomic E-state index is 13.1. The van der Waals surface area contributed by atoms with Crippen molar-refractivity contribution in [3.8, 4) is 5.75 Å². The minimum Gasteiger partial charge on any atom is -0.496 e. The second-order valence-electron chi connectivity index (χ2n) is 8.36. The highest BCUT2D eigenvalue weighted by molar-refractivity contribution is 6.08. The van der Waals surface area contributed by atoms with E-state index in [0.717, 1.165) is 34.2 Å². The van der Waals surface area contributed by atoms with E-state index >= 15 is 0 Å². The van der Waals surface area contributed by atoms with Gasteiger partial charge >= 0.3 is 0 Å². The third kappa shape index (κ3) is 1.84. The molecule has 28 heavy (non-hydrogen) atoms. The van der Waals surface area contributed by atoms with E-state index in [1.165, 1.54) is 0 Å². The molecule has 3 fully saturated rings. The molecule has 4 atom stereocenters. The number of fused-ring (bicyclic) bond motifs is 4. The minimum absolute atomic E-state index is 0.145. The lowest BCUT2D eigenvalue weighted by atomic mass is 9.85. The van der Waals surface area contributed by atoms with Crippen molar-refractivity contribution >= 4 is 28.8 Å². The molecule has 6 rings (SSSR count). The van der Waals surface area contributed by atoms with E-state index in [1.54, 1.807) is 13.3 Å². The second-order valence-corrected chi connectivity index (χ2v) is 8.36. The van der Waals surface area contributed by atoms with Gasteiger partial charge in [-0.15, -0.1) is 0 Å². The molecule has 1 aliphatic heterocycles. The Morgan fingerprint density at radius 3 is 2.36 bits per heavy atom. The standard InChI is InChI=1S/C23H20N2O3/c1-28-18-9-6-13-4-2-3-5-14(13)15(18)12-24-25-21(26)19-16-7-8-17(20(19)22(25)27)23(16)10-11-23/h2-9,12,16-17,19-20H,10-11H2,1H3/b24-12-/t16-,17-,19-,20+/m1/s1. The first-order valence-electron chi connectivity index (χ1n) is 9.81. The van der Waals surface area contributed by atoms with Crippen LogP contribution in [0.15, 0.2) is 53.7 Å². The number of ether oxygens (including phenoxy) is 1. The molecular formula is C23H20N2O3. The molecule has 0 N–H and O–H groups in total. The zero-order valence-electron chi connectivity index (χ0n) is 15.5. The van der Waals surface area contributed by atoms with Crippen molar-refractivity contribution in [3.05, 3.63) is 54.1 Å². The Morgan fingerprint density at radius 1 is 1.04 bits per heavy atom. The van der Waals surface area contributed by atoms with E-state index in [9.17, 15) is 9.59 Å². The number of hydrazone groups is 1. The topological polar surface area (TPSA) is 59.0 Å². The Morgan fingerprint density at radius 2 is 1.71 bits per heavy atom. The Bertz CT molecular complexity index is 1060. The largest absolute Gasteiger partial charge is 0.496 e. The lowest BCUT2D eigenvalue weighted by Crippen LogP contribution is -2.30. The molecule has 1 saturated heterocycles. The van der Waals surface area contributed by atoms with Gasteiger partial charge in [0, 0.05) is 5.56 Å². The normalized spacial score (nSPS) is 31.5. The quantitative estimate of drug-likeness (QED) is 0.471. The van der Waals surface area contributed by atoms with Gasteiger partial charge in [0.25, 0.3) is 11.8 Å². The Hall–Kier alpha value is -2.95. The van der Waals surface area contributed by atoms with Crippen LogP contribution in [0.2, 0.25) is 0 Å². The summed E-state index contributed by atoms with van der Waals surface area (Å²) in [6, 6.07) is 11.8. The summed E-state index contributed by atoms with van der Waals surface area (Å²) in [6.07, 6.45) is 8.22. The van der Waals surface area contributed by atoms with Gasteiger partial charge in [-0.25, -0.2) is 0 Å². The fraction of sp³-hybridized carbons (Fsp3) is 0.348. The number of allylic oxidation sites excluding steroid dienone is 2. The van der Waals surface area contributed by atoms with E-state index in [0.29, 0.717) is 5.75 Å². The second kappa shape index (κ2) is 5.31. The number of carbonyl (C=O) groups is 2. The average Bonchev–Trinajstić information content (AvgIpc) is 3.32. The van der Waals surface area contributed by atoms with E-state index in [1.807, 2.05) is 36.4 Å². The van der Waals surface area contributed by atoms with Crippen LogP contribution in [0.1, 0.15) is 18.4 Å². The molecule has 2 bridgehead atoms. The van der Waals surface area contributed by atoms with Crippen LogP contribution in [0.5, 0.6) is 5.75 Å². The van der Waals surface area contributed by atoms with Crippen molar-refractivity contribution in [2.75, 3.05) is 7.11 Å². The highest BCUT2D eigenvalue weighted by Crippen LogP contribution is 2.73. The molecule has 2 amide bonds. The van der Waals surface area contributed by atoms with Crippen LogP contribution in [0, 0.1) is 29.1 Å². The predicted molar refractivity (Wildman–Crippen MR) is 105 cm³/mol. The molecule has 140 valence electrons. The lowest BCUT2D eigenvalue weighted by molar-refractivity contribution is -0.141. The van der Waals surface area contributed by atoms with Gasteiger partial charge in [0.1, 0.15) is 5.75 Å². The predicted octanol–water partition coefficient (Wildman–Crippen LogP) is 3.38. The Labute approximate surface area is 162 Å². The molecule has 5 heteroatoms. The van der Waals surface area contributed by atoms with E-state index in [2.05, 4.69) is 17.3 Å². The number of carbonyl (C=O) groups excluding carboxylic acids is 2. The molecule has 2 aromatic carbocycles. The van der Waals surface area contributed by atoms with Crippen LogP contribution in [0.3, 0.4) is 0 Å². The molecule has 0 radical (unpaired) electrons. The number of nitrogens with zero attached hydrogens (tertiary/aromatic N) is 2. The smallest absolute Gasteiger partial charge is 0.254 e. The van der Waals surface area contributed by atoms with Crippen LogP contribution in [-0.2, 0) is 9.59 Å². The molecule has 5 nitrogen and oxygen atoms in total. The zero-order valence-corrected chi connectivity index (χ0v) is 15.5. The fourth-order valence-electron chi connectivity index (χ4n) is 5.88. The van der Waals surface area contributed by atoms with Gasteiger partial charge in [-0.1, -0.05) is 42.5 Å². The van der Waals surface area contributed by atoms with Crippen LogP contribution in [0.25, 0.3) is 10.8 Å². The summed E-state index contributed by atoms with van der Waals surface area (Å²) in [5, 5.41) is 7.50. The third-order valence-electron chi connectivity index (χ3n) is 7.28. The van der Waals surface area contributed by atoms with Crippen molar-refractivity contribution in [2.24, 2.45) is 34.2 Å². The first-order valence-corrected chi connectivity index (χ1v) is 9.81. The number of rotatable bonds is 3. The molecule has 2 aromatic rings.